The van der Waals surface area contributed by atoms with E-state index in [-0.39, 0.29) is 31.6 Å². The zero-order valence-corrected chi connectivity index (χ0v) is 26.0. The highest BCUT2D eigenvalue weighted by atomic mass is 16.6. The molecule has 0 saturated carbocycles. The van der Waals surface area contributed by atoms with Crippen LogP contribution in [-0.4, -0.2) is 95.4 Å². The van der Waals surface area contributed by atoms with Crippen molar-refractivity contribution in [2.45, 2.75) is 65.3 Å². The summed E-state index contributed by atoms with van der Waals surface area (Å²) in [6.45, 7) is 9.58. The Morgan fingerprint density at radius 2 is 1.51 bits per heavy atom. The molecule has 15 heteroatoms. The van der Waals surface area contributed by atoms with Crippen LogP contribution in [0.2, 0.25) is 0 Å². The quantitative estimate of drug-likeness (QED) is 0.245. The molecule has 1 aromatic carbocycles. The third-order valence-electron chi connectivity index (χ3n) is 6.72. The molecule has 1 saturated heterocycles. The molecule has 1 fully saturated rings. The Hall–Kier alpha value is -4.95. The summed E-state index contributed by atoms with van der Waals surface area (Å²) in [5.41, 5.74) is 0.576. The number of nitrogens with one attached hydrogen (secondary N) is 4. The van der Waals surface area contributed by atoms with Crippen LogP contribution in [0.4, 0.5) is 15.3 Å². The molecule has 0 radical (unpaired) electrons. The van der Waals surface area contributed by atoms with Gasteiger partial charge in [-0.2, -0.15) is 0 Å². The van der Waals surface area contributed by atoms with Gasteiger partial charge in [0, 0.05) is 56.4 Å². The molecule has 4 N–H and O–H groups in total. The predicted octanol–water partition coefficient (Wildman–Crippen LogP) is 1.04. The van der Waals surface area contributed by atoms with Gasteiger partial charge in [0.05, 0.1) is 0 Å². The van der Waals surface area contributed by atoms with E-state index in [1.807, 2.05) is 0 Å². The smallest absolute Gasteiger partial charge is 0.410 e. The van der Waals surface area contributed by atoms with Gasteiger partial charge >= 0.3 is 12.2 Å². The van der Waals surface area contributed by atoms with Crippen LogP contribution in [0.5, 0.6) is 0 Å². The van der Waals surface area contributed by atoms with E-state index in [1.54, 1.807) is 49.9 Å². The van der Waals surface area contributed by atoms with Gasteiger partial charge in [0.2, 0.25) is 17.7 Å². The molecular weight excluding hydrogens is 588 g/mol. The lowest BCUT2D eigenvalue weighted by atomic mass is 10.0. The second-order valence-electron chi connectivity index (χ2n) is 11.8. The maximum Gasteiger partial charge on any atom is 0.410 e. The summed E-state index contributed by atoms with van der Waals surface area (Å²) < 4.78 is 10.5. The van der Waals surface area contributed by atoms with E-state index >= 15 is 0 Å². The number of hydrogen-bond donors (Lipinski definition) is 4. The number of benzene rings is 1. The van der Waals surface area contributed by atoms with E-state index in [0.29, 0.717) is 30.9 Å². The molecule has 0 bridgehead atoms. The number of anilines is 1. The average Bonchev–Trinajstić information content (AvgIpc) is 3.25. The molecule has 15 nitrogen and oxygen atoms in total. The zero-order valence-electron chi connectivity index (χ0n) is 26.0. The standard InChI is InChI=1S/C30H40N6O9/c1-18(32-23(37)12-13-36-24(38)10-11-25(36)39)26(40)33-19(2)27(41)34-22-8-6-20(7-9-22)17-44-28(42)31-14-21-15-35(16-21)29(43)45-30(3,4)5/h6-11,18-19,21H,12-17H2,1-5H3,(H,31,42)(H,32,37)(H,33,40)(H,34,41)/t18-,19-/m0/s1. The average molecular weight is 629 g/mol. The van der Waals surface area contributed by atoms with Crippen molar-refractivity contribution >= 4 is 47.4 Å². The minimum absolute atomic E-state index is 0.00631. The van der Waals surface area contributed by atoms with Gasteiger partial charge in [-0.1, -0.05) is 12.1 Å². The van der Waals surface area contributed by atoms with E-state index in [1.165, 1.54) is 13.8 Å². The highest BCUT2D eigenvalue weighted by Gasteiger charge is 2.34. The second-order valence-corrected chi connectivity index (χ2v) is 11.8. The van der Waals surface area contributed by atoms with Crippen molar-refractivity contribution in [3.63, 3.8) is 0 Å². The first kappa shape index (κ1) is 34.5. The molecule has 2 aliphatic rings. The molecule has 45 heavy (non-hydrogen) atoms. The van der Waals surface area contributed by atoms with Crippen molar-refractivity contribution in [2.24, 2.45) is 5.92 Å². The maximum absolute atomic E-state index is 12.6. The first-order valence-corrected chi connectivity index (χ1v) is 14.5. The molecule has 0 spiro atoms. The van der Waals surface area contributed by atoms with Gasteiger partial charge in [0.1, 0.15) is 24.3 Å². The SMILES string of the molecule is C[C@H](NC(=O)CCN1C(=O)C=CC1=O)C(=O)N[C@@H](C)C(=O)Nc1ccc(COC(=O)NCC2CN(C(=O)OC(C)(C)C)C2)cc1. The lowest BCUT2D eigenvalue weighted by Gasteiger charge is -2.39. The van der Waals surface area contributed by atoms with Crippen molar-refractivity contribution in [1.82, 2.24) is 25.8 Å². The van der Waals surface area contributed by atoms with Crippen molar-refractivity contribution in [3.05, 3.63) is 42.0 Å². The third-order valence-corrected chi connectivity index (χ3v) is 6.72. The number of imide groups is 1. The molecule has 0 aromatic heterocycles. The Bertz CT molecular complexity index is 1310. The van der Waals surface area contributed by atoms with E-state index in [9.17, 15) is 33.6 Å². The first-order valence-electron chi connectivity index (χ1n) is 14.5. The topological polar surface area (TPSA) is 193 Å². The summed E-state index contributed by atoms with van der Waals surface area (Å²) in [4.78, 5) is 86.9. The molecule has 2 heterocycles. The molecule has 2 aliphatic heterocycles. The van der Waals surface area contributed by atoms with E-state index in [0.717, 1.165) is 17.1 Å². The van der Waals surface area contributed by atoms with Crippen LogP contribution in [0.15, 0.2) is 36.4 Å². The largest absolute Gasteiger partial charge is 0.445 e. The summed E-state index contributed by atoms with van der Waals surface area (Å²) in [6.07, 6.45) is 1.10. The van der Waals surface area contributed by atoms with Crippen LogP contribution in [0.3, 0.4) is 0 Å². The molecule has 244 valence electrons. The van der Waals surface area contributed by atoms with E-state index in [2.05, 4.69) is 21.3 Å². The summed E-state index contributed by atoms with van der Waals surface area (Å²) >= 11 is 0. The number of ether oxygens (including phenoxy) is 2. The Morgan fingerprint density at radius 3 is 2.11 bits per heavy atom. The fourth-order valence-electron chi connectivity index (χ4n) is 4.18. The Morgan fingerprint density at radius 1 is 0.911 bits per heavy atom. The van der Waals surface area contributed by atoms with Crippen molar-refractivity contribution in [1.29, 1.82) is 0 Å². The first-order chi connectivity index (χ1) is 21.1. The molecule has 1 aromatic rings. The number of carbonyl (C=O) groups excluding carboxylic acids is 7. The normalized spacial score (nSPS) is 15.9. The number of alkyl carbamates (subject to hydrolysis) is 1. The molecular formula is C30H40N6O9. The van der Waals surface area contributed by atoms with Crippen molar-refractivity contribution in [3.8, 4) is 0 Å². The molecule has 7 amide bonds. The summed E-state index contributed by atoms with van der Waals surface area (Å²) in [7, 11) is 0. The van der Waals surface area contributed by atoms with Crippen LogP contribution >= 0.6 is 0 Å². The fraction of sp³-hybridized carbons (Fsp3) is 0.500. The number of hydrogen-bond acceptors (Lipinski definition) is 9. The number of likely N-dealkylation sites (tertiary alicyclic amines) is 1. The Balaban J connectivity index is 1.31. The van der Waals surface area contributed by atoms with Gasteiger partial charge in [0.15, 0.2) is 0 Å². The Kier molecular flexibility index (Phi) is 11.6. The lowest BCUT2D eigenvalue weighted by Crippen LogP contribution is -2.54. The van der Waals surface area contributed by atoms with Gasteiger partial charge in [-0.25, -0.2) is 9.59 Å². The van der Waals surface area contributed by atoms with E-state index < -0.39 is 53.3 Å². The van der Waals surface area contributed by atoms with Gasteiger partial charge in [-0.05, 0) is 52.3 Å². The van der Waals surface area contributed by atoms with Crippen LogP contribution in [0.25, 0.3) is 0 Å². The number of rotatable bonds is 12. The molecule has 2 atom stereocenters. The summed E-state index contributed by atoms with van der Waals surface area (Å²) in [6, 6.07) is 4.70. The number of carbonyl (C=O) groups is 7. The van der Waals surface area contributed by atoms with E-state index in [4.69, 9.17) is 9.47 Å². The van der Waals surface area contributed by atoms with Gasteiger partial charge in [-0.15, -0.1) is 0 Å². The molecule has 0 aliphatic carbocycles. The van der Waals surface area contributed by atoms with Crippen LogP contribution in [-0.2, 0) is 40.1 Å². The lowest BCUT2D eigenvalue weighted by molar-refractivity contribution is -0.137. The van der Waals surface area contributed by atoms with Crippen LogP contribution < -0.4 is 21.3 Å². The van der Waals surface area contributed by atoms with Crippen LogP contribution in [0.1, 0.15) is 46.6 Å². The Labute approximate surface area is 261 Å². The second kappa shape index (κ2) is 15.2. The minimum Gasteiger partial charge on any atom is -0.445 e. The van der Waals surface area contributed by atoms with Crippen molar-refractivity contribution < 1.29 is 43.0 Å². The highest BCUT2D eigenvalue weighted by molar-refractivity contribution is 6.13. The minimum atomic E-state index is -0.965. The highest BCUT2D eigenvalue weighted by Crippen LogP contribution is 2.19. The van der Waals surface area contributed by atoms with Gasteiger partial charge in [0.25, 0.3) is 11.8 Å². The zero-order chi connectivity index (χ0) is 33.3. The fourth-order valence-corrected chi connectivity index (χ4v) is 4.18. The number of nitrogens with zero attached hydrogens (tertiary/aromatic N) is 2. The molecule has 0 unspecified atom stereocenters. The third kappa shape index (κ3) is 10.9. The number of amides is 7. The van der Waals surface area contributed by atoms with Gasteiger partial charge in [-0.3, -0.25) is 28.9 Å². The molecule has 3 rings (SSSR count). The summed E-state index contributed by atoms with van der Waals surface area (Å²) in [5.74, 6) is -2.51. The van der Waals surface area contributed by atoms with Crippen molar-refractivity contribution in [2.75, 3.05) is 31.5 Å². The van der Waals surface area contributed by atoms with Crippen LogP contribution in [0, 0.1) is 5.92 Å². The summed E-state index contributed by atoms with van der Waals surface area (Å²) in [5, 5.41) is 10.4. The monoisotopic (exact) mass is 628 g/mol. The maximum atomic E-state index is 12.6. The predicted molar refractivity (Wildman–Crippen MR) is 160 cm³/mol. The van der Waals surface area contributed by atoms with Gasteiger partial charge < -0.3 is 35.6 Å².